The lowest BCUT2D eigenvalue weighted by Crippen LogP contribution is -2.40. The first-order valence-electron chi connectivity index (χ1n) is 8.69. The first kappa shape index (κ1) is 19.5. The standard InChI is InChI=1S/C19H29N3O2S/c1-6-20-18(21-11-13(2)17-8-7-9-25-17)22-12-19(5,23)16-10-14(3)24-15(16)4/h7-10,13,23H,6,11-12H2,1-5H3,(H2,20,21,22). The molecule has 0 saturated heterocycles. The highest BCUT2D eigenvalue weighted by molar-refractivity contribution is 7.10. The smallest absolute Gasteiger partial charge is 0.191 e. The van der Waals surface area contributed by atoms with Gasteiger partial charge in [0.1, 0.15) is 17.1 Å². The maximum Gasteiger partial charge on any atom is 0.191 e. The number of rotatable bonds is 7. The summed E-state index contributed by atoms with van der Waals surface area (Å²) in [6.45, 7) is 11.6. The molecule has 0 radical (unpaired) electrons. The summed E-state index contributed by atoms with van der Waals surface area (Å²) >= 11 is 1.76. The van der Waals surface area contributed by atoms with E-state index in [1.807, 2.05) is 26.8 Å². The number of nitrogens with one attached hydrogen (secondary N) is 2. The van der Waals surface area contributed by atoms with Crippen LogP contribution in [-0.2, 0) is 5.60 Å². The lowest BCUT2D eigenvalue weighted by molar-refractivity contribution is 0.0657. The van der Waals surface area contributed by atoms with E-state index >= 15 is 0 Å². The predicted octanol–water partition coefficient (Wildman–Crippen LogP) is 3.52. The number of furan rings is 1. The Morgan fingerprint density at radius 3 is 2.72 bits per heavy atom. The van der Waals surface area contributed by atoms with Crippen molar-refractivity contribution in [1.29, 1.82) is 0 Å². The second kappa shape index (κ2) is 8.54. The van der Waals surface area contributed by atoms with Gasteiger partial charge in [0.15, 0.2) is 5.96 Å². The molecule has 25 heavy (non-hydrogen) atoms. The van der Waals surface area contributed by atoms with Crippen LogP contribution in [0.2, 0.25) is 0 Å². The Morgan fingerprint density at radius 1 is 1.40 bits per heavy atom. The van der Waals surface area contributed by atoms with Gasteiger partial charge in [-0.1, -0.05) is 13.0 Å². The number of hydrogen-bond acceptors (Lipinski definition) is 4. The zero-order valence-electron chi connectivity index (χ0n) is 15.7. The molecule has 0 bridgehead atoms. The SMILES string of the molecule is CCNC(=NCC(C)(O)c1cc(C)oc1C)NCC(C)c1cccs1. The highest BCUT2D eigenvalue weighted by Gasteiger charge is 2.27. The van der Waals surface area contributed by atoms with Gasteiger partial charge in [0.25, 0.3) is 0 Å². The molecule has 2 aromatic heterocycles. The fourth-order valence-corrected chi connectivity index (χ4v) is 3.53. The molecule has 3 N–H and O–H groups in total. The van der Waals surface area contributed by atoms with Crippen molar-refractivity contribution in [1.82, 2.24) is 10.6 Å². The molecular weight excluding hydrogens is 334 g/mol. The average molecular weight is 364 g/mol. The number of aryl methyl sites for hydroxylation is 2. The van der Waals surface area contributed by atoms with Crippen LogP contribution in [0.15, 0.2) is 33.0 Å². The van der Waals surface area contributed by atoms with Gasteiger partial charge in [0.2, 0.25) is 0 Å². The van der Waals surface area contributed by atoms with E-state index in [2.05, 4.69) is 40.1 Å². The lowest BCUT2D eigenvalue weighted by atomic mass is 9.96. The third-order valence-electron chi connectivity index (χ3n) is 4.12. The minimum Gasteiger partial charge on any atom is -0.466 e. The van der Waals surface area contributed by atoms with Crippen LogP contribution < -0.4 is 10.6 Å². The van der Waals surface area contributed by atoms with E-state index in [1.165, 1.54) is 4.88 Å². The molecule has 0 aliphatic carbocycles. The van der Waals surface area contributed by atoms with Gasteiger partial charge in [0, 0.05) is 29.4 Å². The monoisotopic (exact) mass is 363 g/mol. The summed E-state index contributed by atoms with van der Waals surface area (Å²) in [7, 11) is 0. The number of nitrogens with zero attached hydrogens (tertiary/aromatic N) is 1. The third-order valence-corrected chi connectivity index (χ3v) is 5.22. The van der Waals surface area contributed by atoms with E-state index in [0.717, 1.165) is 30.2 Å². The van der Waals surface area contributed by atoms with Crippen molar-refractivity contribution < 1.29 is 9.52 Å². The summed E-state index contributed by atoms with van der Waals surface area (Å²) in [5, 5.41) is 19.5. The number of hydrogen-bond donors (Lipinski definition) is 3. The molecule has 0 aliphatic heterocycles. The second-order valence-electron chi connectivity index (χ2n) is 6.59. The van der Waals surface area contributed by atoms with Crippen LogP contribution in [0.1, 0.15) is 48.7 Å². The molecule has 5 nitrogen and oxygen atoms in total. The van der Waals surface area contributed by atoms with E-state index in [0.29, 0.717) is 11.9 Å². The van der Waals surface area contributed by atoms with E-state index in [-0.39, 0.29) is 6.54 Å². The number of thiophene rings is 1. The Kier molecular flexibility index (Phi) is 6.67. The van der Waals surface area contributed by atoms with Gasteiger partial charge in [-0.25, -0.2) is 4.99 Å². The normalized spacial score (nSPS) is 15.7. The molecule has 2 rings (SSSR count). The Morgan fingerprint density at radius 2 is 2.16 bits per heavy atom. The molecule has 2 atom stereocenters. The number of aliphatic imine (C=N–C) groups is 1. The highest BCUT2D eigenvalue weighted by atomic mass is 32.1. The molecule has 2 aromatic rings. The molecule has 6 heteroatoms. The number of aliphatic hydroxyl groups is 1. The van der Waals surface area contributed by atoms with Crippen LogP contribution in [-0.4, -0.2) is 30.7 Å². The molecule has 2 heterocycles. The summed E-state index contributed by atoms with van der Waals surface area (Å²) in [6, 6.07) is 6.10. The van der Waals surface area contributed by atoms with Crippen molar-refractivity contribution in [3.63, 3.8) is 0 Å². The predicted molar refractivity (Wildman–Crippen MR) is 104 cm³/mol. The fourth-order valence-electron chi connectivity index (χ4n) is 2.75. The fraction of sp³-hybridized carbons (Fsp3) is 0.526. The molecule has 0 aliphatic rings. The Labute approximate surface area is 154 Å². The van der Waals surface area contributed by atoms with Crippen molar-refractivity contribution in [3.8, 4) is 0 Å². The van der Waals surface area contributed by atoms with Crippen LogP contribution in [0.5, 0.6) is 0 Å². The molecule has 0 saturated carbocycles. The topological polar surface area (TPSA) is 69.8 Å². The zero-order chi connectivity index (χ0) is 18.4. The lowest BCUT2D eigenvalue weighted by Gasteiger charge is -2.22. The first-order valence-corrected chi connectivity index (χ1v) is 9.57. The molecule has 0 amide bonds. The van der Waals surface area contributed by atoms with E-state index < -0.39 is 5.60 Å². The summed E-state index contributed by atoms with van der Waals surface area (Å²) in [4.78, 5) is 5.92. The first-order chi connectivity index (χ1) is 11.8. The van der Waals surface area contributed by atoms with Gasteiger partial charge < -0.3 is 20.2 Å². The Balaban J connectivity index is 2.02. The molecular formula is C19H29N3O2S. The average Bonchev–Trinajstić information content (AvgIpc) is 3.19. The van der Waals surface area contributed by atoms with Gasteiger partial charge >= 0.3 is 0 Å². The Hall–Kier alpha value is -1.79. The summed E-state index contributed by atoms with van der Waals surface area (Å²) in [5.74, 6) is 2.65. The minimum atomic E-state index is -1.07. The van der Waals surface area contributed by atoms with E-state index in [1.54, 1.807) is 18.3 Å². The van der Waals surface area contributed by atoms with Crippen molar-refractivity contribution in [2.45, 2.75) is 46.1 Å². The Bertz CT molecular complexity index is 690. The van der Waals surface area contributed by atoms with Gasteiger partial charge in [-0.2, -0.15) is 0 Å². The summed E-state index contributed by atoms with van der Waals surface area (Å²) in [6.07, 6.45) is 0. The largest absolute Gasteiger partial charge is 0.466 e. The second-order valence-corrected chi connectivity index (χ2v) is 7.57. The van der Waals surface area contributed by atoms with Crippen LogP contribution in [0.3, 0.4) is 0 Å². The van der Waals surface area contributed by atoms with Gasteiger partial charge in [-0.3, -0.25) is 0 Å². The molecule has 2 unspecified atom stereocenters. The van der Waals surface area contributed by atoms with Crippen molar-refractivity contribution in [2.24, 2.45) is 4.99 Å². The molecule has 0 aromatic carbocycles. The van der Waals surface area contributed by atoms with Crippen LogP contribution >= 0.6 is 11.3 Å². The van der Waals surface area contributed by atoms with Gasteiger partial charge in [-0.05, 0) is 45.2 Å². The van der Waals surface area contributed by atoms with E-state index in [4.69, 9.17) is 4.42 Å². The molecule has 0 spiro atoms. The third kappa shape index (κ3) is 5.34. The van der Waals surface area contributed by atoms with Crippen molar-refractivity contribution >= 4 is 17.3 Å². The molecule has 0 fully saturated rings. The quantitative estimate of drug-likeness (QED) is 0.520. The maximum atomic E-state index is 10.8. The zero-order valence-corrected chi connectivity index (χ0v) is 16.5. The summed E-state index contributed by atoms with van der Waals surface area (Å²) < 4.78 is 5.54. The van der Waals surface area contributed by atoms with Crippen molar-refractivity contribution in [2.75, 3.05) is 19.6 Å². The minimum absolute atomic E-state index is 0.259. The number of guanidine groups is 1. The summed E-state index contributed by atoms with van der Waals surface area (Å²) in [5.41, 5.74) is -0.277. The van der Waals surface area contributed by atoms with Crippen molar-refractivity contribution in [3.05, 3.63) is 45.5 Å². The molecule has 138 valence electrons. The van der Waals surface area contributed by atoms with Crippen LogP contribution in [0.25, 0.3) is 0 Å². The van der Waals surface area contributed by atoms with Crippen LogP contribution in [0, 0.1) is 13.8 Å². The van der Waals surface area contributed by atoms with Crippen LogP contribution in [0.4, 0.5) is 0 Å². The van der Waals surface area contributed by atoms with Gasteiger partial charge in [-0.15, -0.1) is 11.3 Å². The van der Waals surface area contributed by atoms with Gasteiger partial charge in [0.05, 0.1) is 6.54 Å². The highest BCUT2D eigenvalue weighted by Crippen LogP contribution is 2.27. The maximum absolute atomic E-state index is 10.8. The van der Waals surface area contributed by atoms with E-state index in [9.17, 15) is 5.11 Å².